The van der Waals surface area contributed by atoms with Crippen molar-refractivity contribution in [2.75, 3.05) is 14.2 Å². The molecule has 0 aromatic heterocycles. The van der Waals surface area contributed by atoms with Crippen LogP contribution in [0.5, 0.6) is 17.2 Å². The molecule has 8 nitrogen and oxygen atoms in total. The minimum atomic E-state index is -0.466. The molecule has 0 fully saturated rings. The van der Waals surface area contributed by atoms with Gasteiger partial charge < -0.3 is 14.2 Å². The van der Waals surface area contributed by atoms with Crippen molar-refractivity contribution in [2.24, 2.45) is 0 Å². The van der Waals surface area contributed by atoms with Crippen molar-refractivity contribution in [2.45, 2.75) is 6.61 Å². The van der Waals surface area contributed by atoms with Gasteiger partial charge in [0.15, 0.2) is 16.6 Å². The summed E-state index contributed by atoms with van der Waals surface area (Å²) in [5.74, 6) is 0.890. The van der Waals surface area contributed by atoms with E-state index in [1.165, 1.54) is 13.2 Å². The van der Waals surface area contributed by atoms with Crippen LogP contribution >= 0.6 is 12.2 Å². The van der Waals surface area contributed by atoms with E-state index in [1.807, 2.05) is 30.3 Å². The molecule has 0 aliphatic carbocycles. The average Bonchev–Trinajstić information content (AvgIpc) is 2.90. The lowest BCUT2D eigenvalue weighted by Crippen LogP contribution is -2.48. The summed E-state index contributed by atoms with van der Waals surface area (Å²) in [7, 11) is 3.08. The van der Waals surface area contributed by atoms with Gasteiger partial charge in [-0.3, -0.25) is 25.8 Å². The van der Waals surface area contributed by atoms with Crippen LogP contribution in [0.4, 0.5) is 0 Å². The Labute approximate surface area is 208 Å². The first-order valence-corrected chi connectivity index (χ1v) is 11.0. The van der Waals surface area contributed by atoms with Gasteiger partial charge in [-0.1, -0.05) is 36.4 Å². The molecule has 2 amide bonds. The molecule has 3 rings (SSSR count). The van der Waals surface area contributed by atoms with E-state index in [0.717, 1.165) is 11.1 Å². The third kappa shape index (κ3) is 7.86. The largest absolute Gasteiger partial charge is 0.493 e. The summed E-state index contributed by atoms with van der Waals surface area (Å²) in [4.78, 5) is 24.4. The number of carbonyl (C=O) groups is 2. The van der Waals surface area contributed by atoms with E-state index in [2.05, 4.69) is 16.2 Å². The number of carbonyl (C=O) groups excluding carboxylic acids is 2. The van der Waals surface area contributed by atoms with E-state index < -0.39 is 11.8 Å². The molecule has 0 saturated carbocycles. The van der Waals surface area contributed by atoms with Crippen LogP contribution in [0.3, 0.4) is 0 Å². The van der Waals surface area contributed by atoms with E-state index in [4.69, 9.17) is 26.4 Å². The number of ether oxygens (including phenoxy) is 3. The van der Waals surface area contributed by atoms with Gasteiger partial charge in [0.2, 0.25) is 5.91 Å². The van der Waals surface area contributed by atoms with Crippen LogP contribution in [0.1, 0.15) is 21.5 Å². The fourth-order valence-electron chi connectivity index (χ4n) is 2.94. The molecule has 9 heteroatoms. The smallest absolute Gasteiger partial charge is 0.269 e. The number of hydrogen-bond donors (Lipinski definition) is 3. The lowest BCUT2D eigenvalue weighted by molar-refractivity contribution is -0.115. The van der Waals surface area contributed by atoms with Crippen LogP contribution in [0.25, 0.3) is 6.08 Å². The maximum absolute atomic E-state index is 12.3. The Morgan fingerprint density at radius 3 is 2.29 bits per heavy atom. The SMILES string of the molecule is COc1ccc(C=CC(=O)NC(=S)NNC(=O)c2ccc(OCc3ccccc3)cc2)cc1OC. The maximum atomic E-state index is 12.3. The molecule has 180 valence electrons. The monoisotopic (exact) mass is 491 g/mol. The van der Waals surface area contributed by atoms with Gasteiger partial charge in [-0.05, 0) is 65.8 Å². The molecular formula is C26H25N3O5S. The summed E-state index contributed by atoms with van der Waals surface area (Å²) in [5, 5.41) is 2.40. The van der Waals surface area contributed by atoms with Crippen molar-refractivity contribution in [1.82, 2.24) is 16.2 Å². The fourth-order valence-corrected chi connectivity index (χ4v) is 3.09. The molecule has 3 N–H and O–H groups in total. The van der Waals surface area contributed by atoms with Crippen molar-refractivity contribution < 1.29 is 23.8 Å². The van der Waals surface area contributed by atoms with Crippen LogP contribution in [0, 0.1) is 0 Å². The third-order valence-corrected chi connectivity index (χ3v) is 4.93. The average molecular weight is 492 g/mol. The first-order valence-electron chi connectivity index (χ1n) is 10.6. The zero-order chi connectivity index (χ0) is 25.0. The Hall–Kier alpha value is -4.37. The number of methoxy groups -OCH3 is 2. The van der Waals surface area contributed by atoms with Crippen LogP contribution in [-0.2, 0) is 11.4 Å². The summed E-state index contributed by atoms with van der Waals surface area (Å²) in [6, 6.07) is 21.7. The Balaban J connectivity index is 1.43. The Morgan fingerprint density at radius 1 is 0.886 bits per heavy atom. The highest BCUT2D eigenvalue weighted by Crippen LogP contribution is 2.27. The molecule has 3 aromatic carbocycles. The highest BCUT2D eigenvalue weighted by atomic mass is 32.1. The van der Waals surface area contributed by atoms with Crippen molar-refractivity contribution in [3.05, 3.63) is 95.6 Å². The van der Waals surface area contributed by atoms with Crippen molar-refractivity contribution in [1.29, 1.82) is 0 Å². The molecule has 3 aromatic rings. The lowest BCUT2D eigenvalue weighted by Gasteiger charge is -2.11. The van der Waals surface area contributed by atoms with E-state index in [-0.39, 0.29) is 5.11 Å². The fraction of sp³-hybridized carbons (Fsp3) is 0.115. The summed E-state index contributed by atoms with van der Waals surface area (Å²) in [6.07, 6.45) is 2.91. The molecule has 0 bridgehead atoms. The molecular weight excluding hydrogens is 466 g/mol. The predicted octanol–water partition coefficient (Wildman–Crippen LogP) is 3.63. The molecule has 0 aliphatic rings. The number of thiocarbonyl (C=S) groups is 1. The van der Waals surface area contributed by atoms with Gasteiger partial charge in [0, 0.05) is 11.6 Å². The third-order valence-electron chi connectivity index (χ3n) is 4.73. The van der Waals surface area contributed by atoms with Gasteiger partial charge in [-0.15, -0.1) is 0 Å². The standard InChI is InChI=1S/C26H25N3O5S/c1-32-22-14-8-18(16-23(22)33-2)9-15-24(30)27-26(35)29-28-25(31)20-10-12-21(13-11-20)34-17-19-6-4-3-5-7-19/h3-16H,17H2,1-2H3,(H,28,31)(H2,27,29,30,35). The van der Waals surface area contributed by atoms with Crippen LogP contribution in [-0.4, -0.2) is 31.1 Å². The Bertz CT molecular complexity index is 1200. The van der Waals surface area contributed by atoms with Crippen molar-refractivity contribution >= 4 is 35.2 Å². The second-order valence-corrected chi connectivity index (χ2v) is 7.55. The maximum Gasteiger partial charge on any atom is 0.269 e. The highest BCUT2D eigenvalue weighted by Gasteiger charge is 2.08. The predicted molar refractivity (Wildman–Crippen MR) is 137 cm³/mol. The number of benzene rings is 3. The highest BCUT2D eigenvalue weighted by molar-refractivity contribution is 7.80. The number of hydrogen-bond acceptors (Lipinski definition) is 6. The molecule has 35 heavy (non-hydrogen) atoms. The minimum absolute atomic E-state index is 0.0527. The molecule has 0 spiro atoms. The van der Waals surface area contributed by atoms with Gasteiger partial charge in [0.1, 0.15) is 12.4 Å². The van der Waals surface area contributed by atoms with Gasteiger partial charge >= 0.3 is 0 Å². The van der Waals surface area contributed by atoms with E-state index in [9.17, 15) is 9.59 Å². The molecule has 0 unspecified atom stereocenters. The second kappa shape index (κ2) is 12.8. The quantitative estimate of drug-likeness (QED) is 0.251. The Kier molecular flexibility index (Phi) is 9.21. The Morgan fingerprint density at radius 2 is 1.60 bits per heavy atom. The first-order chi connectivity index (χ1) is 17.0. The summed E-state index contributed by atoms with van der Waals surface area (Å²) < 4.78 is 16.1. The molecule has 0 heterocycles. The number of amides is 2. The minimum Gasteiger partial charge on any atom is -0.493 e. The van der Waals surface area contributed by atoms with Crippen molar-refractivity contribution in [3.8, 4) is 17.2 Å². The zero-order valence-corrected chi connectivity index (χ0v) is 20.1. The van der Waals surface area contributed by atoms with Crippen LogP contribution in [0.15, 0.2) is 78.9 Å². The van der Waals surface area contributed by atoms with Gasteiger partial charge in [-0.2, -0.15) is 0 Å². The molecule has 0 aliphatic heterocycles. The van der Waals surface area contributed by atoms with E-state index in [0.29, 0.717) is 29.4 Å². The van der Waals surface area contributed by atoms with Crippen molar-refractivity contribution in [3.63, 3.8) is 0 Å². The number of hydrazine groups is 1. The zero-order valence-electron chi connectivity index (χ0n) is 19.2. The van der Waals surface area contributed by atoms with Gasteiger partial charge in [0.05, 0.1) is 14.2 Å². The van der Waals surface area contributed by atoms with Gasteiger partial charge in [0.25, 0.3) is 5.91 Å². The number of rotatable bonds is 8. The topological polar surface area (TPSA) is 97.9 Å². The van der Waals surface area contributed by atoms with Crippen LogP contribution < -0.4 is 30.4 Å². The van der Waals surface area contributed by atoms with Crippen LogP contribution in [0.2, 0.25) is 0 Å². The first kappa shape index (κ1) is 25.3. The molecule has 0 radical (unpaired) electrons. The lowest BCUT2D eigenvalue weighted by atomic mass is 10.2. The van der Waals surface area contributed by atoms with E-state index in [1.54, 1.807) is 55.7 Å². The summed E-state index contributed by atoms with van der Waals surface area (Å²) in [6.45, 7) is 0.433. The molecule has 0 saturated heterocycles. The molecule has 0 atom stereocenters. The summed E-state index contributed by atoms with van der Waals surface area (Å²) >= 11 is 5.06. The summed E-state index contributed by atoms with van der Waals surface area (Å²) in [5.41, 5.74) is 7.13. The number of nitrogens with one attached hydrogen (secondary N) is 3. The van der Waals surface area contributed by atoms with E-state index >= 15 is 0 Å². The second-order valence-electron chi connectivity index (χ2n) is 7.14. The normalized spacial score (nSPS) is 10.3. The van der Waals surface area contributed by atoms with Gasteiger partial charge in [-0.25, -0.2) is 0 Å².